The van der Waals surface area contributed by atoms with Gasteiger partial charge < -0.3 is 0 Å². The third-order valence-electron chi connectivity index (χ3n) is 5.12. The Hall–Kier alpha value is -2.53. The minimum atomic E-state index is -2.60. The van der Waals surface area contributed by atoms with Gasteiger partial charge in [-0.05, 0) is 36.6 Å². The van der Waals surface area contributed by atoms with Crippen LogP contribution in [0.3, 0.4) is 0 Å². The molecule has 5 heteroatoms. The van der Waals surface area contributed by atoms with Crippen molar-refractivity contribution >= 4 is 16.6 Å². The van der Waals surface area contributed by atoms with E-state index in [9.17, 15) is 8.78 Å². The van der Waals surface area contributed by atoms with Crippen molar-refractivity contribution in [1.82, 2.24) is 14.5 Å². The second-order valence-corrected chi connectivity index (χ2v) is 6.62. The van der Waals surface area contributed by atoms with E-state index in [0.29, 0.717) is 16.9 Å². The fourth-order valence-corrected chi connectivity index (χ4v) is 3.68. The monoisotopic (exact) mass is 353 g/mol. The summed E-state index contributed by atoms with van der Waals surface area (Å²) in [6.45, 7) is 0.924. The van der Waals surface area contributed by atoms with Gasteiger partial charge >= 0.3 is 6.55 Å². The zero-order valence-corrected chi connectivity index (χ0v) is 14.6. The van der Waals surface area contributed by atoms with Crippen LogP contribution in [0.25, 0.3) is 16.6 Å². The van der Waals surface area contributed by atoms with Crippen molar-refractivity contribution in [3.05, 3.63) is 72.1 Å². The lowest BCUT2D eigenvalue weighted by Gasteiger charge is -2.31. The molecule has 0 saturated carbocycles. The molecule has 26 heavy (non-hydrogen) atoms. The summed E-state index contributed by atoms with van der Waals surface area (Å²) in [6, 6.07) is 17.2. The Morgan fingerprint density at radius 3 is 2.42 bits per heavy atom. The molecule has 0 aliphatic carbocycles. The predicted octanol–water partition coefficient (Wildman–Crippen LogP) is 5.28. The van der Waals surface area contributed by atoms with Crippen LogP contribution < -0.4 is 0 Å². The summed E-state index contributed by atoms with van der Waals surface area (Å²) < 4.78 is 28.5. The number of nitrogens with zero attached hydrogens (tertiary/aromatic N) is 3. The van der Waals surface area contributed by atoms with Gasteiger partial charge in [0.15, 0.2) is 0 Å². The first-order chi connectivity index (χ1) is 12.6. The van der Waals surface area contributed by atoms with Gasteiger partial charge in [0.2, 0.25) is 0 Å². The third kappa shape index (κ3) is 3.03. The van der Waals surface area contributed by atoms with Gasteiger partial charge in [0.1, 0.15) is 5.82 Å². The van der Waals surface area contributed by atoms with E-state index in [1.165, 1.54) is 11.1 Å². The van der Waals surface area contributed by atoms with Crippen LogP contribution in [0.2, 0.25) is 0 Å². The van der Waals surface area contributed by atoms with Gasteiger partial charge in [-0.1, -0.05) is 48.5 Å². The molecule has 0 fully saturated rings. The molecule has 0 amide bonds. The summed E-state index contributed by atoms with van der Waals surface area (Å²) in [5, 5.41) is 0. The van der Waals surface area contributed by atoms with Gasteiger partial charge in [0, 0.05) is 13.1 Å². The Bertz CT molecular complexity index is 931. The fourth-order valence-electron chi connectivity index (χ4n) is 3.68. The van der Waals surface area contributed by atoms with E-state index in [0.717, 1.165) is 24.1 Å². The highest BCUT2D eigenvalue weighted by molar-refractivity contribution is 5.76. The van der Waals surface area contributed by atoms with Crippen molar-refractivity contribution in [2.45, 2.75) is 25.9 Å². The third-order valence-corrected chi connectivity index (χ3v) is 5.12. The summed E-state index contributed by atoms with van der Waals surface area (Å²) in [7, 11) is 0. The Morgan fingerprint density at radius 1 is 1.00 bits per heavy atom. The molecule has 0 N–H and O–H groups in total. The smallest absolute Gasteiger partial charge is 0.290 e. The van der Waals surface area contributed by atoms with Gasteiger partial charge in [-0.15, -0.1) is 0 Å². The number of hydrogen-bond donors (Lipinski definition) is 0. The zero-order chi connectivity index (χ0) is 18.1. The molecule has 3 nitrogen and oxygen atoms in total. The molecule has 0 saturated heterocycles. The number of alkyl halides is 2. The molecule has 0 spiro atoms. The minimum absolute atomic E-state index is 0.176. The first-order valence-electron chi connectivity index (χ1n) is 8.88. The molecule has 1 aliphatic heterocycles. The molecule has 0 radical (unpaired) electrons. The highest BCUT2D eigenvalue weighted by Crippen LogP contribution is 2.32. The van der Waals surface area contributed by atoms with Crippen LogP contribution in [0.4, 0.5) is 8.78 Å². The maximum Gasteiger partial charge on any atom is 0.320 e. The lowest BCUT2D eigenvalue weighted by Crippen LogP contribution is -2.33. The molecule has 1 atom stereocenters. The maximum atomic E-state index is 13.7. The average Bonchev–Trinajstić information content (AvgIpc) is 3.08. The van der Waals surface area contributed by atoms with Crippen LogP contribution in [0.5, 0.6) is 0 Å². The second-order valence-electron chi connectivity index (χ2n) is 6.62. The van der Waals surface area contributed by atoms with Crippen molar-refractivity contribution in [2.24, 2.45) is 0 Å². The lowest BCUT2D eigenvalue weighted by atomic mass is 9.99. The molecule has 2 heterocycles. The fraction of sp³-hybridized carbons (Fsp3) is 0.286. The molecule has 134 valence electrons. The minimum Gasteiger partial charge on any atom is -0.290 e. The Morgan fingerprint density at radius 2 is 1.73 bits per heavy atom. The molecule has 2 aromatic carbocycles. The van der Waals surface area contributed by atoms with Crippen molar-refractivity contribution in [3.8, 4) is 0 Å². The molecular weight excluding hydrogens is 332 g/mol. The molecule has 1 aromatic heterocycles. The zero-order valence-electron chi connectivity index (χ0n) is 14.6. The van der Waals surface area contributed by atoms with E-state index in [-0.39, 0.29) is 6.04 Å². The quantitative estimate of drug-likeness (QED) is 0.636. The second kappa shape index (κ2) is 7.00. The van der Waals surface area contributed by atoms with Gasteiger partial charge in [0.25, 0.3) is 0 Å². The normalized spacial score (nSPS) is 16.8. The summed E-state index contributed by atoms with van der Waals surface area (Å²) >= 11 is 0. The van der Waals surface area contributed by atoms with E-state index in [4.69, 9.17) is 0 Å². The van der Waals surface area contributed by atoms with Gasteiger partial charge in [-0.25, -0.2) is 4.98 Å². The number of halogens is 2. The van der Waals surface area contributed by atoms with Gasteiger partial charge in [-0.2, -0.15) is 8.78 Å². The number of imidazole rings is 1. The summed E-state index contributed by atoms with van der Waals surface area (Å²) in [6.07, 6.45) is 3.11. The molecule has 1 aliphatic rings. The van der Waals surface area contributed by atoms with E-state index < -0.39 is 6.55 Å². The van der Waals surface area contributed by atoms with Crippen LogP contribution in [-0.4, -0.2) is 27.5 Å². The SMILES string of the molecule is C[C@@H](c1nc2ccccc2n1C(F)F)N1CC=C(c2ccccc2)CC1. The standard InChI is InChI=1S/C21H21F2N3/c1-15(20-24-18-9-5-6-10-19(18)26(20)21(22)23)25-13-11-17(12-14-25)16-7-3-2-4-8-16/h2-11,15,21H,12-14H2,1H3/t15-/m0/s1. The van der Waals surface area contributed by atoms with Gasteiger partial charge in [0.05, 0.1) is 17.1 Å². The topological polar surface area (TPSA) is 21.1 Å². The van der Waals surface area contributed by atoms with Crippen LogP contribution in [-0.2, 0) is 0 Å². The summed E-state index contributed by atoms with van der Waals surface area (Å²) in [4.78, 5) is 6.71. The summed E-state index contributed by atoms with van der Waals surface area (Å²) in [5.41, 5.74) is 3.66. The maximum absolute atomic E-state index is 13.7. The van der Waals surface area contributed by atoms with Crippen LogP contribution in [0.15, 0.2) is 60.7 Å². The Kier molecular flexibility index (Phi) is 4.55. The highest BCUT2D eigenvalue weighted by atomic mass is 19.3. The average molecular weight is 353 g/mol. The Balaban J connectivity index is 1.61. The Labute approximate surface area is 151 Å². The number of aromatic nitrogens is 2. The number of fused-ring (bicyclic) bond motifs is 1. The number of benzene rings is 2. The van der Waals surface area contributed by atoms with Crippen LogP contribution in [0.1, 0.15) is 37.3 Å². The van der Waals surface area contributed by atoms with Crippen molar-refractivity contribution in [2.75, 3.05) is 13.1 Å². The largest absolute Gasteiger partial charge is 0.320 e. The number of hydrogen-bond acceptors (Lipinski definition) is 2. The van der Waals surface area contributed by atoms with Crippen LogP contribution >= 0.6 is 0 Å². The first kappa shape index (κ1) is 16.9. The predicted molar refractivity (Wildman–Crippen MR) is 100 cm³/mol. The van der Waals surface area contributed by atoms with E-state index in [2.05, 4.69) is 28.1 Å². The van der Waals surface area contributed by atoms with E-state index in [1.54, 1.807) is 18.2 Å². The number of para-hydroxylation sites is 2. The van der Waals surface area contributed by atoms with E-state index >= 15 is 0 Å². The van der Waals surface area contributed by atoms with Crippen LogP contribution in [0, 0.1) is 0 Å². The summed E-state index contributed by atoms with van der Waals surface area (Å²) in [5.74, 6) is 0.428. The van der Waals surface area contributed by atoms with Gasteiger partial charge in [-0.3, -0.25) is 9.47 Å². The van der Waals surface area contributed by atoms with E-state index in [1.807, 2.05) is 31.2 Å². The first-order valence-corrected chi connectivity index (χ1v) is 8.88. The highest BCUT2D eigenvalue weighted by Gasteiger charge is 2.26. The molecule has 0 unspecified atom stereocenters. The molecule has 4 rings (SSSR count). The van der Waals surface area contributed by atoms with Crippen molar-refractivity contribution in [1.29, 1.82) is 0 Å². The molecule has 3 aromatic rings. The lowest BCUT2D eigenvalue weighted by molar-refractivity contribution is 0.0652. The molecule has 0 bridgehead atoms. The number of rotatable bonds is 4. The van der Waals surface area contributed by atoms with Crippen molar-refractivity contribution in [3.63, 3.8) is 0 Å². The molecular formula is C21H21F2N3. The van der Waals surface area contributed by atoms with Crippen molar-refractivity contribution < 1.29 is 8.78 Å².